The summed E-state index contributed by atoms with van der Waals surface area (Å²) in [4.78, 5) is 10.9. The molecule has 0 unspecified atom stereocenters. The minimum Gasteiger partial charge on any atom is -0.748 e. The van der Waals surface area contributed by atoms with Crippen LogP contribution in [-0.4, -0.2) is 37.8 Å². The maximum Gasteiger partial charge on any atom is 0.314 e. The molecule has 0 atom stereocenters. The van der Waals surface area contributed by atoms with Crippen molar-refractivity contribution in [1.29, 1.82) is 0 Å². The molecule has 0 aromatic carbocycles. The zero-order chi connectivity index (χ0) is 11.0. The molecule has 0 spiro atoms. The Bertz CT molecular complexity index is 263. The first kappa shape index (κ1) is 13.2. The molecule has 0 rings (SSSR count). The van der Waals surface area contributed by atoms with Crippen LogP contribution in [0, 0.1) is 0 Å². The highest BCUT2D eigenvalue weighted by atomic mass is 32.2. The van der Waals surface area contributed by atoms with E-state index in [2.05, 4.69) is 10.6 Å². The van der Waals surface area contributed by atoms with Gasteiger partial charge in [-0.2, -0.15) is 0 Å². The van der Waals surface area contributed by atoms with E-state index in [1.807, 2.05) is 6.92 Å². The van der Waals surface area contributed by atoms with Crippen molar-refractivity contribution in [2.24, 2.45) is 0 Å². The first-order valence-corrected chi connectivity index (χ1v) is 5.98. The molecule has 0 aromatic heterocycles. The van der Waals surface area contributed by atoms with E-state index < -0.39 is 21.9 Å². The molecule has 0 fully saturated rings. The van der Waals surface area contributed by atoms with Crippen LogP contribution in [0.4, 0.5) is 4.79 Å². The van der Waals surface area contributed by atoms with Gasteiger partial charge in [-0.05, 0) is 6.42 Å². The Kier molecular flexibility index (Phi) is 6.22. The molecule has 84 valence electrons. The summed E-state index contributed by atoms with van der Waals surface area (Å²) < 4.78 is 30.4. The van der Waals surface area contributed by atoms with Crippen molar-refractivity contribution in [1.82, 2.24) is 10.6 Å². The average Bonchev–Trinajstić information content (AvgIpc) is 2.02. The number of unbranched alkanes of at least 4 members (excludes halogenated alkanes) is 1. The Labute approximate surface area is 83.8 Å². The first-order chi connectivity index (χ1) is 6.45. The van der Waals surface area contributed by atoms with Gasteiger partial charge in [0.05, 0.1) is 15.9 Å². The van der Waals surface area contributed by atoms with Gasteiger partial charge in [0.25, 0.3) is 0 Å². The fourth-order valence-corrected chi connectivity index (χ4v) is 1.08. The Morgan fingerprint density at radius 2 is 1.86 bits per heavy atom. The van der Waals surface area contributed by atoms with E-state index in [9.17, 15) is 17.8 Å². The van der Waals surface area contributed by atoms with Crippen LogP contribution in [0.5, 0.6) is 0 Å². The van der Waals surface area contributed by atoms with E-state index in [-0.39, 0.29) is 6.54 Å². The van der Waals surface area contributed by atoms with Crippen molar-refractivity contribution >= 4 is 16.1 Å². The number of urea groups is 1. The SMILES string of the molecule is CCCCNC(=O)NCCS(=O)(=O)[O-]. The van der Waals surface area contributed by atoms with Crippen molar-refractivity contribution in [3.63, 3.8) is 0 Å². The summed E-state index contributed by atoms with van der Waals surface area (Å²) in [6.07, 6.45) is 1.84. The quantitative estimate of drug-likeness (QED) is 0.474. The molecule has 2 N–H and O–H groups in total. The van der Waals surface area contributed by atoms with Crippen LogP contribution in [0.25, 0.3) is 0 Å². The summed E-state index contributed by atoms with van der Waals surface area (Å²) >= 11 is 0. The average molecular weight is 223 g/mol. The topological polar surface area (TPSA) is 98.3 Å². The smallest absolute Gasteiger partial charge is 0.314 e. The number of nitrogens with one attached hydrogen (secondary N) is 2. The summed E-state index contributed by atoms with van der Waals surface area (Å²) in [7, 11) is -4.24. The van der Waals surface area contributed by atoms with E-state index in [4.69, 9.17) is 0 Å². The lowest BCUT2D eigenvalue weighted by Crippen LogP contribution is -2.38. The lowest BCUT2D eigenvalue weighted by Gasteiger charge is -2.08. The van der Waals surface area contributed by atoms with Gasteiger partial charge in [-0.1, -0.05) is 13.3 Å². The van der Waals surface area contributed by atoms with Gasteiger partial charge in [0.2, 0.25) is 0 Å². The predicted octanol–water partition coefficient (Wildman–Crippen LogP) is -0.369. The number of carbonyl (C=O) groups is 1. The van der Waals surface area contributed by atoms with E-state index in [1.54, 1.807) is 0 Å². The van der Waals surface area contributed by atoms with Gasteiger partial charge in [-0.3, -0.25) is 0 Å². The monoisotopic (exact) mass is 223 g/mol. The number of hydrogen-bond donors (Lipinski definition) is 2. The fourth-order valence-electron chi connectivity index (χ4n) is 0.731. The largest absolute Gasteiger partial charge is 0.748 e. The molecule has 0 aliphatic carbocycles. The molecular formula is C7H15N2O4S-. The van der Waals surface area contributed by atoms with E-state index >= 15 is 0 Å². The number of hydrogen-bond acceptors (Lipinski definition) is 4. The third-order valence-electron chi connectivity index (χ3n) is 1.45. The van der Waals surface area contributed by atoms with E-state index in [0.29, 0.717) is 6.54 Å². The Hall–Kier alpha value is -0.820. The van der Waals surface area contributed by atoms with Gasteiger partial charge in [-0.15, -0.1) is 0 Å². The molecule has 6 nitrogen and oxygen atoms in total. The summed E-state index contributed by atoms with van der Waals surface area (Å²) in [5.41, 5.74) is 0. The Balaban J connectivity index is 3.45. The Morgan fingerprint density at radius 3 is 2.36 bits per heavy atom. The van der Waals surface area contributed by atoms with Crippen LogP contribution < -0.4 is 10.6 Å². The molecule has 0 radical (unpaired) electrons. The second-order valence-corrected chi connectivity index (χ2v) is 4.32. The van der Waals surface area contributed by atoms with Crippen molar-refractivity contribution in [3.05, 3.63) is 0 Å². The van der Waals surface area contributed by atoms with Crippen molar-refractivity contribution in [2.75, 3.05) is 18.8 Å². The van der Waals surface area contributed by atoms with Gasteiger partial charge in [0, 0.05) is 13.1 Å². The fraction of sp³-hybridized carbons (Fsp3) is 0.857. The highest BCUT2D eigenvalue weighted by molar-refractivity contribution is 7.85. The van der Waals surface area contributed by atoms with Crippen LogP contribution in [0.2, 0.25) is 0 Å². The minimum absolute atomic E-state index is 0.149. The van der Waals surface area contributed by atoms with Gasteiger partial charge < -0.3 is 15.2 Å². The van der Waals surface area contributed by atoms with Crippen LogP contribution in [0.1, 0.15) is 19.8 Å². The second-order valence-electron chi connectivity index (χ2n) is 2.80. The van der Waals surface area contributed by atoms with E-state index in [0.717, 1.165) is 12.8 Å². The number of amides is 2. The summed E-state index contributed by atoms with van der Waals surface area (Å²) in [6.45, 7) is 2.39. The molecule has 0 aliphatic rings. The highest BCUT2D eigenvalue weighted by Gasteiger charge is 1.99. The van der Waals surface area contributed by atoms with Crippen molar-refractivity contribution in [2.45, 2.75) is 19.8 Å². The van der Waals surface area contributed by atoms with Crippen LogP contribution >= 0.6 is 0 Å². The maximum atomic E-state index is 10.9. The van der Waals surface area contributed by atoms with Gasteiger partial charge in [-0.25, -0.2) is 13.2 Å². The number of rotatable bonds is 6. The molecule has 7 heteroatoms. The minimum atomic E-state index is -4.24. The summed E-state index contributed by atoms with van der Waals surface area (Å²) in [5.74, 6) is -0.575. The second kappa shape index (κ2) is 6.61. The molecule has 0 aromatic rings. The highest BCUT2D eigenvalue weighted by Crippen LogP contribution is 1.82. The third-order valence-corrected chi connectivity index (χ3v) is 2.16. The van der Waals surface area contributed by atoms with Crippen LogP contribution in [-0.2, 0) is 10.1 Å². The zero-order valence-electron chi connectivity index (χ0n) is 8.08. The zero-order valence-corrected chi connectivity index (χ0v) is 8.89. The molecular weight excluding hydrogens is 208 g/mol. The van der Waals surface area contributed by atoms with Gasteiger partial charge >= 0.3 is 6.03 Å². The normalized spacial score (nSPS) is 11.0. The Morgan fingerprint density at radius 1 is 1.29 bits per heavy atom. The van der Waals surface area contributed by atoms with Crippen molar-refractivity contribution in [3.8, 4) is 0 Å². The summed E-state index contributed by atoms with van der Waals surface area (Å²) in [6, 6.07) is -0.442. The predicted molar refractivity (Wildman–Crippen MR) is 50.9 cm³/mol. The maximum absolute atomic E-state index is 10.9. The lowest BCUT2D eigenvalue weighted by atomic mass is 10.3. The molecule has 0 saturated carbocycles. The van der Waals surface area contributed by atoms with E-state index in [1.165, 1.54) is 0 Å². The molecule has 0 bridgehead atoms. The van der Waals surface area contributed by atoms with Gasteiger partial charge in [0.15, 0.2) is 0 Å². The van der Waals surface area contributed by atoms with Crippen LogP contribution in [0.15, 0.2) is 0 Å². The standard InChI is InChI=1S/C7H16N2O4S/c1-2-3-4-8-7(10)9-5-6-14(11,12)13/h2-6H2,1H3,(H2,8,9,10)(H,11,12,13)/p-1. The molecule has 0 saturated heterocycles. The van der Waals surface area contributed by atoms with Crippen LogP contribution in [0.3, 0.4) is 0 Å². The summed E-state index contributed by atoms with van der Waals surface area (Å²) in [5, 5.41) is 4.79. The lowest BCUT2D eigenvalue weighted by molar-refractivity contribution is 0.241. The molecule has 0 heterocycles. The first-order valence-electron chi connectivity index (χ1n) is 4.41. The molecule has 2 amide bonds. The molecule has 0 aliphatic heterocycles. The number of carbonyl (C=O) groups excluding carboxylic acids is 1. The third kappa shape index (κ3) is 9.27. The van der Waals surface area contributed by atoms with Crippen molar-refractivity contribution < 1.29 is 17.8 Å². The van der Waals surface area contributed by atoms with Gasteiger partial charge in [0.1, 0.15) is 0 Å². The molecule has 14 heavy (non-hydrogen) atoms.